The van der Waals surface area contributed by atoms with E-state index in [-0.39, 0.29) is 51.0 Å². The summed E-state index contributed by atoms with van der Waals surface area (Å²) in [5.41, 5.74) is -0.0682. The lowest BCUT2D eigenvalue weighted by Crippen LogP contribution is -2.51. The van der Waals surface area contributed by atoms with Gasteiger partial charge in [-0.15, -0.1) is 11.8 Å². The van der Waals surface area contributed by atoms with Crippen molar-refractivity contribution in [2.24, 2.45) is 29.6 Å². The number of thioether (sulfide) groups is 1. The highest BCUT2D eigenvalue weighted by molar-refractivity contribution is 8.00. The van der Waals surface area contributed by atoms with Crippen molar-refractivity contribution in [3.05, 3.63) is 14.5 Å². The van der Waals surface area contributed by atoms with Gasteiger partial charge in [-0.2, -0.15) is 0 Å². The number of aliphatic carboxylic acids is 1. The van der Waals surface area contributed by atoms with Crippen molar-refractivity contribution in [3.63, 3.8) is 0 Å². The Balaban J connectivity index is 1.45. The third-order valence-electron chi connectivity index (χ3n) is 8.19. The van der Waals surface area contributed by atoms with Crippen LogP contribution in [-0.4, -0.2) is 44.6 Å². The van der Waals surface area contributed by atoms with Gasteiger partial charge in [-0.05, 0) is 37.0 Å². The highest BCUT2D eigenvalue weighted by Crippen LogP contribution is 2.71. The first-order valence-corrected chi connectivity index (χ1v) is 12.1. The van der Waals surface area contributed by atoms with Crippen LogP contribution in [0.3, 0.4) is 0 Å². The summed E-state index contributed by atoms with van der Waals surface area (Å²) in [6, 6.07) is 0. The molecule has 4 unspecified atom stereocenters. The predicted molar refractivity (Wildman–Crippen MR) is 106 cm³/mol. The van der Waals surface area contributed by atoms with Crippen LogP contribution in [0.2, 0.25) is 0 Å². The fourth-order valence-electron chi connectivity index (χ4n) is 7.43. The fourth-order valence-corrected chi connectivity index (χ4v) is 10.6. The van der Waals surface area contributed by atoms with Gasteiger partial charge in [0.1, 0.15) is 6.54 Å². The smallest absolute Gasteiger partial charge is 0.323 e. The number of rotatable bonds is 2. The molecule has 2 aliphatic heterocycles. The highest BCUT2D eigenvalue weighted by atomic mass is 32.2. The second-order valence-corrected chi connectivity index (χ2v) is 11.4. The van der Waals surface area contributed by atoms with Gasteiger partial charge < -0.3 is 10.1 Å². The number of carbonyl (C=O) groups excluding carboxylic acids is 2. The Morgan fingerprint density at radius 3 is 2.48 bits per heavy atom. The van der Waals surface area contributed by atoms with E-state index in [1.165, 1.54) is 22.6 Å². The van der Waals surface area contributed by atoms with Crippen LogP contribution in [-0.2, 0) is 19.8 Å². The fraction of sp³-hybridized carbons (Fsp3) is 0.700. The van der Waals surface area contributed by atoms with Crippen LogP contribution in [0, 0.1) is 29.6 Å². The van der Waals surface area contributed by atoms with E-state index in [1.54, 1.807) is 11.8 Å². The number of thiazole rings is 1. The topological polar surface area (TPSA) is 108 Å². The maximum atomic E-state index is 13.1. The van der Waals surface area contributed by atoms with E-state index in [1.807, 2.05) is 0 Å². The molecule has 1 spiro atoms. The quantitative estimate of drug-likeness (QED) is 0.690. The number of nitrogens with zero attached hydrogens (tertiary/aromatic N) is 1. The molecular formula is C20H22N2O5S2. The lowest BCUT2D eigenvalue weighted by Gasteiger charge is -2.52. The second kappa shape index (κ2) is 5.97. The molecule has 5 aliphatic rings. The largest absolute Gasteiger partial charge is 0.480 e. The minimum atomic E-state index is -1.14. The molecule has 1 aromatic rings. The lowest BCUT2D eigenvalue weighted by atomic mass is 9.57. The summed E-state index contributed by atoms with van der Waals surface area (Å²) in [5.74, 6) is -1.98. The molecule has 0 aromatic carbocycles. The SMILES string of the molecule is O=C(O)CN1C(=O)C2C(C1=O)[C@@H]1C[C@@H]2C2Sc3[nH]c(=O)sc3C3(CCCCC3)C21. The Hall–Kier alpha value is -1.61. The number of carboxylic acid groups (broad SMARTS) is 1. The van der Waals surface area contributed by atoms with E-state index in [4.69, 9.17) is 5.11 Å². The molecule has 4 fully saturated rings. The first kappa shape index (κ1) is 18.2. The van der Waals surface area contributed by atoms with Gasteiger partial charge in [0.25, 0.3) is 0 Å². The lowest BCUT2D eigenvalue weighted by molar-refractivity contribution is -0.150. The molecule has 3 heterocycles. The van der Waals surface area contributed by atoms with Gasteiger partial charge in [-0.1, -0.05) is 30.6 Å². The molecule has 9 heteroatoms. The van der Waals surface area contributed by atoms with Crippen molar-refractivity contribution >= 4 is 40.9 Å². The Kier molecular flexibility index (Phi) is 3.74. The zero-order valence-electron chi connectivity index (χ0n) is 15.8. The zero-order valence-corrected chi connectivity index (χ0v) is 17.4. The molecule has 2 bridgehead atoms. The van der Waals surface area contributed by atoms with E-state index >= 15 is 0 Å². The monoisotopic (exact) mass is 434 g/mol. The minimum Gasteiger partial charge on any atom is -0.480 e. The normalized spacial score (nSPS) is 39.0. The molecule has 29 heavy (non-hydrogen) atoms. The Morgan fingerprint density at radius 1 is 1.10 bits per heavy atom. The molecule has 3 aliphatic carbocycles. The summed E-state index contributed by atoms with van der Waals surface area (Å²) in [4.78, 5) is 54.7. The average Bonchev–Trinajstić information content (AvgIpc) is 3.41. The van der Waals surface area contributed by atoms with Crippen LogP contribution < -0.4 is 4.87 Å². The van der Waals surface area contributed by atoms with Crippen molar-refractivity contribution in [1.29, 1.82) is 0 Å². The van der Waals surface area contributed by atoms with Crippen molar-refractivity contribution in [2.75, 3.05) is 6.54 Å². The number of carbonyl (C=O) groups is 3. The van der Waals surface area contributed by atoms with E-state index in [0.29, 0.717) is 5.92 Å². The van der Waals surface area contributed by atoms with Crippen LogP contribution >= 0.6 is 23.1 Å². The number of fused-ring (bicyclic) bond motifs is 11. The zero-order chi connectivity index (χ0) is 20.1. The number of aromatic amines is 1. The van der Waals surface area contributed by atoms with E-state index in [9.17, 15) is 19.2 Å². The number of aromatic nitrogens is 1. The first-order chi connectivity index (χ1) is 13.9. The summed E-state index contributed by atoms with van der Waals surface area (Å²) in [5, 5.41) is 10.4. The Morgan fingerprint density at radius 2 is 1.79 bits per heavy atom. The van der Waals surface area contributed by atoms with Crippen molar-refractivity contribution < 1.29 is 19.5 Å². The van der Waals surface area contributed by atoms with E-state index < -0.39 is 12.5 Å². The standard InChI is InChI=1S/C20H22N2O5S2/c23-10(24)7-22-17(25)11-8-6-9(12(11)18(22)26)14-13(8)20(4-2-1-3-5-20)15-16(28-14)21-19(27)29-15/h8-9,11-14H,1-7H2,(H,21,27)(H,23,24)/t8-,9-,11?,12?,13?,14?/m0/s1. The predicted octanol–water partition coefficient (Wildman–Crippen LogP) is 2.06. The second-order valence-electron chi connectivity index (χ2n) is 9.27. The third kappa shape index (κ3) is 2.20. The Labute approximate surface area is 175 Å². The molecule has 1 aromatic heterocycles. The summed E-state index contributed by atoms with van der Waals surface area (Å²) in [7, 11) is 0. The van der Waals surface area contributed by atoms with Crippen LogP contribution in [0.1, 0.15) is 43.4 Å². The number of H-pyrrole nitrogens is 1. The molecule has 7 nitrogen and oxygen atoms in total. The minimum absolute atomic E-state index is 0.0141. The van der Waals surface area contributed by atoms with Crippen molar-refractivity contribution in [3.8, 4) is 0 Å². The molecule has 3 saturated carbocycles. The van der Waals surface area contributed by atoms with Gasteiger partial charge in [0.2, 0.25) is 11.8 Å². The van der Waals surface area contributed by atoms with Crippen LogP contribution in [0.4, 0.5) is 0 Å². The number of likely N-dealkylation sites (tertiary alicyclic amines) is 1. The van der Waals surface area contributed by atoms with Gasteiger partial charge >= 0.3 is 10.8 Å². The number of carboxylic acids is 1. The molecule has 6 rings (SSSR count). The first-order valence-electron chi connectivity index (χ1n) is 10.4. The molecule has 6 atom stereocenters. The van der Waals surface area contributed by atoms with Crippen molar-refractivity contribution in [2.45, 2.75) is 54.2 Å². The van der Waals surface area contributed by atoms with Gasteiger partial charge in [-0.25, -0.2) is 0 Å². The van der Waals surface area contributed by atoms with Gasteiger partial charge in [0.15, 0.2) is 0 Å². The number of hydrogen-bond donors (Lipinski definition) is 2. The van der Waals surface area contributed by atoms with Crippen LogP contribution in [0.5, 0.6) is 0 Å². The summed E-state index contributed by atoms with van der Waals surface area (Å²) >= 11 is 3.04. The van der Waals surface area contributed by atoms with Crippen molar-refractivity contribution in [1.82, 2.24) is 9.88 Å². The molecule has 2 N–H and O–H groups in total. The average molecular weight is 435 g/mol. The van der Waals surface area contributed by atoms with E-state index in [2.05, 4.69) is 4.98 Å². The van der Waals surface area contributed by atoms with E-state index in [0.717, 1.165) is 42.0 Å². The Bertz CT molecular complexity index is 993. The highest BCUT2D eigenvalue weighted by Gasteiger charge is 2.72. The molecule has 0 radical (unpaired) electrons. The van der Waals surface area contributed by atoms with Gasteiger partial charge in [-0.3, -0.25) is 24.1 Å². The van der Waals surface area contributed by atoms with Gasteiger partial charge in [0.05, 0.1) is 16.9 Å². The molecule has 1 saturated heterocycles. The maximum absolute atomic E-state index is 13.1. The third-order valence-corrected chi connectivity index (χ3v) is 10.9. The molecule has 2 amide bonds. The number of amides is 2. The number of nitrogens with one attached hydrogen (secondary N) is 1. The molecular weight excluding hydrogens is 412 g/mol. The summed E-state index contributed by atoms with van der Waals surface area (Å²) in [6.07, 6.45) is 6.40. The molecule has 154 valence electrons. The number of imide groups is 1. The summed E-state index contributed by atoms with van der Waals surface area (Å²) < 4.78 is 0. The van der Waals surface area contributed by atoms with Gasteiger partial charge in [0, 0.05) is 15.5 Å². The van der Waals surface area contributed by atoms with Crippen LogP contribution in [0.25, 0.3) is 0 Å². The number of hydrogen-bond acceptors (Lipinski definition) is 6. The van der Waals surface area contributed by atoms with Crippen LogP contribution in [0.15, 0.2) is 9.82 Å². The maximum Gasteiger partial charge on any atom is 0.323 e. The summed E-state index contributed by atoms with van der Waals surface area (Å²) in [6.45, 7) is -0.529.